The van der Waals surface area contributed by atoms with Gasteiger partial charge in [0.2, 0.25) is 3.83 Å². The Labute approximate surface area is 109 Å². The van der Waals surface area contributed by atoms with Crippen LogP contribution in [0, 0.1) is 9.75 Å². The molecule has 0 aliphatic heterocycles. The van der Waals surface area contributed by atoms with E-state index in [0.29, 0.717) is 21.7 Å². The van der Waals surface area contributed by atoms with Crippen LogP contribution >= 0.6 is 34.1 Å². The van der Waals surface area contributed by atoms with Gasteiger partial charge in [-0.05, 0) is 24.4 Å². The molecule has 1 aromatic rings. The fourth-order valence-electron chi connectivity index (χ4n) is 2.19. The average Bonchev–Trinajstić information content (AvgIpc) is 2.64. The Morgan fingerprint density at radius 1 is 1.25 bits per heavy atom. The molecule has 7 heteroatoms. The Bertz CT molecular complexity index is 366. The molecule has 2 rings (SSSR count). The molecule has 0 radical (unpaired) electrons. The molecule has 0 N–H and O–H groups in total. The number of nitrogens with zero attached hydrogens (tertiary/aromatic N) is 2. The third-order valence-electron chi connectivity index (χ3n) is 2.92. The van der Waals surface area contributed by atoms with Crippen molar-refractivity contribution in [1.29, 1.82) is 0 Å². The number of halogens is 4. The van der Waals surface area contributed by atoms with Crippen molar-refractivity contribution in [3.8, 4) is 0 Å². The van der Waals surface area contributed by atoms with Crippen molar-refractivity contribution < 1.29 is 13.2 Å². The fourth-order valence-corrected chi connectivity index (χ4v) is 3.66. The SMILES string of the molecule is FC(F)(F)C1CCCCC1c1nc(I)ns1. The van der Waals surface area contributed by atoms with Gasteiger partial charge in [0.1, 0.15) is 5.01 Å². The smallest absolute Gasteiger partial charge is 0.215 e. The molecule has 90 valence electrons. The summed E-state index contributed by atoms with van der Waals surface area (Å²) in [6.07, 6.45) is -1.79. The predicted molar refractivity (Wildman–Crippen MR) is 63.4 cm³/mol. The summed E-state index contributed by atoms with van der Waals surface area (Å²) < 4.78 is 43.0. The number of hydrogen-bond acceptors (Lipinski definition) is 3. The molecule has 1 saturated carbocycles. The van der Waals surface area contributed by atoms with Crippen LogP contribution in [0.15, 0.2) is 0 Å². The van der Waals surface area contributed by atoms with Crippen LogP contribution in [-0.2, 0) is 0 Å². The third kappa shape index (κ3) is 2.66. The van der Waals surface area contributed by atoms with Gasteiger partial charge in [0.15, 0.2) is 0 Å². The zero-order valence-corrected chi connectivity index (χ0v) is 11.3. The van der Waals surface area contributed by atoms with Crippen molar-refractivity contribution in [3.63, 3.8) is 0 Å². The molecule has 0 spiro atoms. The third-order valence-corrected chi connectivity index (χ3v) is 4.58. The second-order valence-corrected chi connectivity index (χ2v) is 5.69. The summed E-state index contributed by atoms with van der Waals surface area (Å²) in [5, 5.41) is 0.548. The van der Waals surface area contributed by atoms with Crippen LogP contribution in [-0.4, -0.2) is 15.5 Å². The Morgan fingerprint density at radius 2 is 1.94 bits per heavy atom. The van der Waals surface area contributed by atoms with E-state index in [1.54, 1.807) is 0 Å². The summed E-state index contributed by atoms with van der Waals surface area (Å²) in [5.41, 5.74) is 0. The van der Waals surface area contributed by atoms with E-state index in [9.17, 15) is 13.2 Å². The quantitative estimate of drug-likeness (QED) is 0.707. The lowest BCUT2D eigenvalue weighted by atomic mass is 9.79. The highest BCUT2D eigenvalue weighted by atomic mass is 127. The lowest BCUT2D eigenvalue weighted by Gasteiger charge is -2.31. The molecule has 0 saturated heterocycles. The molecule has 1 aliphatic rings. The molecule has 1 aliphatic carbocycles. The average molecular weight is 362 g/mol. The van der Waals surface area contributed by atoms with Gasteiger partial charge in [-0.1, -0.05) is 12.8 Å². The van der Waals surface area contributed by atoms with Crippen molar-refractivity contribution in [2.24, 2.45) is 5.92 Å². The number of aromatic nitrogens is 2. The van der Waals surface area contributed by atoms with Gasteiger partial charge in [-0.15, -0.1) is 0 Å². The highest BCUT2D eigenvalue weighted by Crippen LogP contribution is 2.46. The molecular weight excluding hydrogens is 352 g/mol. The zero-order chi connectivity index (χ0) is 11.8. The highest BCUT2D eigenvalue weighted by Gasteiger charge is 2.46. The van der Waals surface area contributed by atoms with E-state index in [1.807, 2.05) is 22.6 Å². The van der Waals surface area contributed by atoms with Crippen molar-refractivity contribution in [3.05, 3.63) is 8.84 Å². The Balaban J connectivity index is 2.23. The van der Waals surface area contributed by atoms with E-state index in [4.69, 9.17) is 0 Å². The maximum atomic E-state index is 12.8. The molecule has 1 heterocycles. The minimum Gasteiger partial charge on any atom is -0.215 e. The van der Waals surface area contributed by atoms with Crippen molar-refractivity contribution >= 4 is 34.1 Å². The summed E-state index contributed by atoms with van der Waals surface area (Å²) in [6.45, 7) is 0. The molecule has 1 fully saturated rings. The Morgan fingerprint density at radius 3 is 2.50 bits per heavy atom. The van der Waals surface area contributed by atoms with E-state index < -0.39 is 18.0 Å². The van der Waals surface area contributed by atoms with Gasteiger partial charge in [-0.25, -0.2) is 4.98 Å². The van der Waals surface area contributed by atoms with Crippen LogP contribution in [0.5, 0.6) is 0 Å². The van der Waals surface area contributed by atoms with Gasteiger partial charge in [0, 0.05) is 28.5 Å². The fraction of sp³-hybridized carbons (Fsp3) is 0.778. The van der Waals surface area contributed by atoms with Crippen molar-refractivity contribution in [1.82, 2.24) is 9.36 Å². The van der Waals surface area contributed by atoms with Crippen LogP contribution < -0.4 is 0 Å². The van der Waals surface area contributed by atoms with Crippen LogP contribution in [0.3, 0.4) is 0 Å². The predicted octanol–water partition coefficient (Wildman–Crippen LogP) is 3.98. The number of hydrogen-bond donors (Lipinski definition) is 0. The second kappa shape index (κ2) is 4.75. The standard InChI is InChI=1S/C9H10F3IN2S/c10-9(11,12)6-4-2-1-3-5(6)7-14-8(13)15-16-7/h5-6H,1-4H2. The molecule has 16 heavy (non-hydrogen) atoms. The Kier molecular flexibility index (Phi) is 3.72. The second-order valence-electron chi connectivity index (χ2n) is 3.94. The van der Waals surface area contributed by atoms with E-state index in [0.717, 1.165) is 18.0 Å². The summed E-state index contributed by atoms with van der Waals surface area (Å²) in [5.74, 6) is -1.71. The highest BCUT2D eigenvalue weighted by molar-refractivity contribution is 14.1. The van der Waals surface area contributed by atoms with Crippen molar-refractivity contribution in [2.75, 3.05) is 0 Å². The van der Waals surface area contributed by atoms with Gasteiger partial charge >= 0.3 is 6.18 Å². The summed E-state index contributed by atoms with van der Waals surface area (Å²) in [6, 6.07) is 0. The minimum absolute atomic E-state index is 0.227. The van der Waals surface area contributed by atoms with E-state index in [1.165, 1.54) is 0 Å². The molecule has 2 unspecified atom stereocenters. The number of rotatable bonds is 1. The monoisotopic (exact) mass is 362 g/mol. The molecule has 0 aromatic carbocycles. The van der Waals surface area contributed by atoms with Gasteiger partial charge in [0.25, 0.3) is 0 Å². The van der Waals surface area contributed by atoms with Gasteiger partial charge in [-0.3, -0.25) is 0 Å². The van der Waals surface area contributed by atoms with Crippen LogP contribution in [0.2, 0.25) is 0 Å². The first-order valence-corrected chi connectivity index (χ1v) is 6.89. The number of alkyl halides is 3. The molecule has 2 atom stereocenters. The van der Waals surface area contributed by atoms with Crippen LogP contribution in [0.1, 0.15) is 36.6 Å². The first-order chi connectivity index (χ1) is 7.48. The van der Waals surface area contributed by atoms with Gasteiger partial charge in [0.05, 0.1) is 5.92 Å². The molecular formula is C9H10F3IN2S. The lowest BCUT2D eigenvalue weighted by molar-refractivity contribution is -0.187. The topological polar surface area (TPSA) is 25.8 Å². The van der Waals surface area contributed by atoms with Crippen LogP contribution in [0.4, 0.5) is 13.2 Å². The minimum atomic E-state index is -4.11. The summed E-state index contributed by atoms with van der Waals surface area (Å²) in [7, 11) is 0. The first kappa shape index (κ1) is 12.5. The van der Waals surface area contributed by atoms with Crippen LogP contribution in [0.25, 0.3) is 0 Å². The Hall–Kier alpha value is 0.0800. The zero-order valence-electron chi connectivity index (χ0n) is 8.30. The largest absolute Gasteiger partial charge is 0.392 e. The summed E-state index contributed by atoms with van der Waals surface area (Å²) in [4.78, 5) is 4.09. The molecule has 0 bridgehead atoms. The maximum absolute atomic E-state index is 12.8. The van der Waals surface area contributed by atoms with E-state index in [-0.39, 0.29) is 6.42 Å². The molecule has 2 nitrogen and oxygen atoms in total. The van der Waals surface area contributed by atoms with E-state index in [2.05, 4.69) is 9.36 Å². The lowest BCUT2D eigenvalue weighted by Crippen LogP contribution is -2.31. The van der Waals surface area contributed by atoms with E-state index >= 15 is 0 Å². The van der Waals surface area contributed by atoms with Gasteiger partial charge in [-0.2, -0.15) is 17.5 Å². The summed E-state index contributed by atoms with van der Waals surface area (Å²) >= 11 is 3.04. The van der Waals surface area contributed by atoms with Crippen molar-refractivity contribution in [2.45, 2.75) is 37.8 Å². The molecule has 1 aromatic heterocycles. The molecule has 0 amide bonds. The normalized spacial score (nSPS) is 27.0. The maximum Gasteiger partial charge on any atom is 0.392 e. The first-order valence-electron chi connectivity index (χ1n) is 5.04. The van der Waals surface area contributed by atoms with Gasteiger partial charge < -0.3 is 0 Å².